The molecule has 8 nitrogen and oxygen atoms in total. The predicted octanol–water partition coefficient (Wildman–Crippen LogP) is 2.69. The molecule has 0 bridgehead atoms. The Bertz CT molecular complexity index is 912. The van der Waals surface area contributed by atoms with Gasteiger partial charge in [-0.15, -0.1) is 0 Å². The Balaban J connectivity index is 2.21. The van der Waals surface area contributed by atoms with Crippen LogP contribution in [0.3, 0.4) is 0 Å². The topological polar surface area (TPSA) is 127 Å². The lowest BCUT2D eigenvalue weighted by Gasteiger charge is -2.20. The zero-order valence-corrected chi connectivity index (χ0v) is 16.5. The monoisotopic (exact) mass is 410 g/mol. The van der Waals surface area contributed by atoms with Gasteiger partial charge in [0.1, 0.15) is 10.4 Å². The van der Waals surface area contributed by atoms with Gasteiger partial charge in [-0.05, 0) is 45.0 Å². The molecule has 0 aliphatic heterocycles. The van der Waals surface area contributed by atoms with Gasteiger partial charge < -0.3 is 15.8 Å². The lowest BCUT2D eigenvalue weighted by Crippen LogP contribution is -2.31. The SMILES string of the molecule is CCOC(=O)C(C)(C)Sc1nc(N)c(NC(=O)c2ccc(Cl)cc2)c(=O)[nH]1. The average Bonchev–Trinajstić information content (AvgIpc) is 2.58. The van der Waals surface area contributed by atoms with Gasteiger partial charge in [-0.1, -0.05) is 23.4 Å². The van der Waals surface area contributed by atoms with Crippen LogP contribution in [0.1, 0.15) is 31.1 Å². The molecular formula is C17H19ClN4O4S. The van der Waals surface area contributed by atoms with Crippen LogP contribution >= 0.6 is 23.4 Å². The molecule has 1 heterocycles. The fourth-order valence-corrected chi connectivity index (χ4v) is 3.05. The number of carbonyl (C=O) groups excluding carboxylic acids is 2. The molecule has 10 heteroatoms. The van der Waals surface area contributed by atoms with Crippen molar-refractivity contribution in [2.75, 3.05) is 17.7 Å². The summed E-state index contributed by atoms with van der Waals surface area (Å²) >= 11 is 6.79. The number of hydrogen-bond acceptors (Lipinski definition) is 7. The summed E-state index contributed by atoms with van der Waals surface area (Å²) in [5.41, 5.74) is 5.33. The number of nitrogens with zero attached hydrogens (tertiary/aromatic N) is 1. The van der Waals surface area contributed by atoms with Crippen molar-refractivity contribution >= 4 is 46.7 Å². The number of aromatic nitrogens is 2. The molecule has 2 rings (SSSR count). The van der Waals surface area contributed by atoms with Crippen molar-refractivity contribution in [3.05, 3.63) is 45.2 Å². The molecule has 1 amide bonds. The minimum absolute atomic E-state index is 0.139. The highest BCUT2D eigenvalue weighted by atomic mass is 35.5. The predicted molar refractivity (Wildman–Crippen MR) is 105 cm³/mol. The van der Waals surface area contributed by atoms with Crippen LogP contribution in [-0.4, -0.2) is 33.2 Å². The summed E-state index contributed by atoms with van der Waals surface area (Å²) in [5.74, 6) is -1.14. The van der Waals surface area contributed by atoms with Crippen LogP contribution in [0.15, 0.2) is 34.2 Å². The van der Waals surface area contributed by atoms with Crippen LogP contribution in [0.5, 0.6) is 0 Å². The van der Waals surface area contributed by atoms with Crippen LogP contribution in [0, 0.1) is 0 Å². The molecule has 1 aromatic carbocycles. The Labute approximate surface area is 164 Å². The summed E-state index contributed by atoms with van der Waals surface area (Å²) in [6.45, 7) is 5.23. The van der Waals surface area contributed by atoms with Crippen LogP contribution in [0.25, 0.3) is 0 Å². The standard InChI is InChI=1S/C17H19ClN4O4S/c1-4-26-15(25)17(2,3)27-16-21-12(19)11(14(24)22-16)20-13(23)9-5-7-10(18)8-6-9/h5-8H,4H2,1-3H3,(H,20,23)(H3,19,21,22,24). The van der Waals surface area contributed by atoms with E-state index in [0.29, 0.717) is 10.6 Å². The third-order valence-electron chi connectivity index (χ3n) is 3.39. The van der Waals surface area contributed by atoms with Crippen LogP contribution < -0.4 is 16.6 Å². The van der Waals surface area contributed by atoms with Crippen molar-refractivity contribution in [2.45, 2.75) is 30.7 Å². The van der Waals surface area contributed by atoms with E-state index in [-0.39, 0.29) is 23.3 Å². The smallest absolute Gasteiger partial charge is 0.322 e. The van der Waals surface area contributed by atoms with E-state index in [1.54, 1.807) is 32.9 Å². The molecule has 0 saturated heterocycles. The van der Waals surface area contributed by atoms with E-state index in [9.17, 15) is 14.4 Å². The van der Waals surface area contributed by atoms with Crippen LogP contribution in [-0.2, 0) is 9.53 Å². The normalized spacial score (nSPS) is 11.1. The van der Waals surface area contributed by atoms with Gasteiger partial charge >= 0.3 is 5.97 Å². The number of aromatic amines is 1. The molecule has 0 aliphatic rings. The zero-order valence-electron chi connectivity index (χ0n) is 15.0. The second kappa shape index (κ2) is 8.45. The minimum Gasteiger partial charge on any atom is -0.465 e. The average molecular weight is 411 g/mol. The number of ether oxygens (including phenoxy) is 1. The summed E-state index contributed by atoms with van der Waals surface area (Å²) < 4.78 is 4.02. The van der Waals surface area contributed by atoms with Gasteiger partial charge in [0.2, 0.25) is 0 Å². The Morgan fingerprint density at radius 2 is 1.96 bits per heavy atom. The van der Waals surface area contributed by atoms with Crippen molar-refractivity contribution in [3.8, 4) is 0 Å². The van der Waals surface area contributed by atoms with E-state index in [2.05, 4.69) is 15.3 Å². The second-order valence-corrected chi connectivity index (χ2v) is 7.97. The number of rotatable bonds is 6. The number of nitrogens with one attached hydrogen (secondary N) is 2. The van der Waals surface area contributed by atoms with E-state index in [4.69, 9.17) is 22.1 Å². The zero-order chi connectivity index (χ0) is 20.2. The van der Waals surface area contributed by atoms with Crippen LogP contribution in [0.4, 0.5) is 11.5 Å². The molecule has 2 aromatic rings. The fraction of sp³-hybridized carbons (Fsp3) is 0.294. The minimum atomic E-state index is -0.980. The number of carbonyl (C=O) groups is 2. The van der Waals surface area contributed by atoms with Crippen molar-refractivity contribution < 1.29 is 14.3 Å². The summed E-state index contributed by atoms with van der Waals surface area (Å²) in [5, 5.41) is 3.05. The molecule has 0 saturated carbocycles. The maximum atomic E-state index is 12.3. The maximum Gasteiger partial charge on any atom is 0.322 e. The number of amides is 1. The lowest BCUT2D eigenvalue weighted by atomic mass is 10.2. The van der Waals surface area contributed by atoms with Crippen molar-refractivity contribution in [1.82, 2.24) is 9.97 Å². The van der Waals surface area contributed by atoms with E-state index >= 15 is 0 Å². The van der Waals surface area contributed by atoms with Gasteiger partial charge in [-0.25, -0.2) is 4.98 Å². The van der Waals surface area contributed by atoms with E-state index in [0.717, 1.165) is 11.8 Å². The Kier molecular flexibility index (Phi) is 6.50. The molecule has 0 spiro atoms. The summed E-state index contributed by atoms with van der Waals surface area (Å²) in [6, 6.07) is 6.14. The molecule has 0 unspecified atom stereocenters. The Morgan fingerprint density at radius 1 is 1.33 bits per heavy atom. The highest BCUT2D eigenvalue weighted by Gasteiger charge is 2.32. The molecule has 0 aliphatic carbocycles. The van der Waals surface area contributed by atoms with E-state index in [1.807, 2.05) is 0 Å². The lowest BCUT2D eigenvalue weighted by molar-refractivity contribution is -0.145. The van der Waals surface area contributed by atoms with Crippen LogP contribution in [0.2, 0.25) is 5.02 Å². The first-order chi connectivity index (χ1) is 12.6. The van der Waals surface area contributed by atoms with Gasteiger partial charge in [0.05, 0.1) is 6.61 Å². The first kappa shape index (κ1) is 20.8. The number of thioether (sulfide) groups is 1. The van der Waals surface area contributed by atoms with Gasteiger partial charge in [-0.2, -0.15) is 0 Å². The number of anilines is 2. The highest BCUT2D eigenvalue weighted by Crippen LogP contribution is 2.31. The van der Waals surface area contributed by atoms with Crippen molar-refractivity contribution in [3.63, 3.8) is 0 Å². The number of hydrogen-bond donors (Lipinski definition) is 3. The van der Waals surface area contributed by atoms with Gasteiger partial charge in [0, 0.05) is 10.6 Å². The largest absolute Gasteiger partial charge is 0.465 e. The molecular weight excluding hydrogens is 392 g/mol. The molecule has 1 aromatic heterocycles. The molecule has 0 atom stereocenters. The third-order valence-corrected chi connectivity index (χ3v) is 4.71. The third kappa shape index (κ3) is 5.24. The fourth-order valence-electron chi connectivity index (χ4n) is 2.01. The van der Waals surface area contributed by atoms with Crippen molar-refractivity contribution in [2.24, 2.45) is 0 Å². The van der Waals surface area contributed by atoms with Gasteiger partial charge in [0.25, 0.3) is 11.5 Å². The number of H-pyrrole nitrogens is 1. The number of nitrogen functional groups attached to an aromatic ring is 1. The molecule has 4 N–H and O–H groups in total. The first-order valence-electron chi connectivity index (χ1n) is 7.97. The van der Waals surface area contributed by atoms with E-state index < -0.39 is 22.2 Å². The number of esters is 1. The van der Waals surface area contributed by atoms with Crippen molar-refractivity contribution in [1.29, 1.82) is 0 Å². The summed E-state index contributed by atoms with van der Waals surface area (Å²) in [4.78, 5) is 43.1. The van der Waals surface area contributed by atoms with E-state index in [1.165, 1.54) is 12.1 Å². The van der Waals surface area contributed by atoms with Gasteiger partial charge in [0.15, 0.2) is 11.0 Å². The molecule has 144 valence electrons. The molecule has 0 fully saturated rings. The molecule has 0 radical (unpaired) electrons. The summed E-state index contributed by atoms with van der Waals surface area (Å²) in [7, 11) is 0. The first-order valence-corrected chi connectivity index (χ1v) is 9.16. The van der Waals surface area contributed by atoms with Gasteiger partial charge in [-0.3, -0.25) is 19.4 Å². The number of halogens is 1. The number of benzene rings is 1. The Morgan fingerprint density at radius 3 is 2.52 bits per heavy atom. The Hall–Kier alpha value is -2.52. The molecule has 27 heavy (non-hydrogen) atoms. The second-order valence-electron chi connectivity index (χ2n) is 5.93. The number of nitrogens with two attached hydrogens (primary N) is 1. The summed E-state index contributed by atoms with van der Waals surface area (Å²) in [6.07, 6.45) is 0. The maximum absolute atomic E-state index is 12.3. The highest BCUT2D eigenvalue weighted by molar-refractivity contribution is 8.01. The quantitative estimate of drug-likeness (QED) is 0.379.